The number of hydrogen-bond donors (Lipinski definition) is 3. The maximum atomic E-state index is 13.0. The van der Waals surface area contributed by atoms with Gasteiger partial charge in [-0.15, -0.1) is 0 Å². The number of carbonyl (C=O) groups is 3. The van der Waals surface area contributed by atoms with Crippen LogP contribution in [0.1, 0.15) is 59.0 Å². The number of hydrogen-bond acceptors (Lipinski definition) is 6. The number of sulfonamides is 1. The van der Waals surface area contributed by atoms with Crippen molar-refractivity contribution in [2.45, 2.75) is 32.7 Å². The Morgan fingerprint density at radius 1 is 0.943 bits per heavy atom. The number of nitrogens with zero attached hydrogens (tertiary/aromatic N) is 1. The Hall–Kier alpha value is -3.24. The topological polar surface area (TPSA) is 125 Å². The van der Waals surface area contributed by atoms with Crippen LogP contribution in [0.25, 0.3) is 0 Å². The van der Waals surface area contributed by atoms with Crippen LogP contribution < -0.4 is 20.3 Å². The molecule has 0 saturated carbocycles. The summed E-state index contributed by atoms with van der Waals surface area (Å²) in [7, 11) is -2.24. The number of rotatable bonds is 13. The molecule has 0 heterocycles. The standard InChI is InChI=1S/C25H34N4O5S/c1-18(30)11-14-26-12-8-13-27-24(31)21-15-22(17-23(16-21)29(3)35(4,33)34)25(32)28-19(2)20-9-6-5-7-10-20/h5-7,9-10,15-17,19,26H,8,11-14H2,1-4H3,(H,27,31)(H,28,32)/t19-/m1/s1. The fourth-order valence-electron chi connectivity index (χ4n) is 3.26. The Labute approximate surface area is 207 Å². The summed E-state index contributed by atoms with van der Waals surface area (Å²) in [6, 6.07) is 13.5. The molecule has 1 atom stereocenters. The van der Waals surface area contributed by atoms with Crippen LogP contribution in [-0.2, 0) is 14.8 Å². The molecule has 9 nitrogen and oxygen atoms in total. The normalized spacial score (nSPS) is 12.0. The monoisotopic (exact) mass is 502 g/mol. The zero-order chi connectivity index (χ0) is 26.0. The minimum absolute atomic E-state index is 0.114. The van der Waals surface area contributed by atoms with Gasteiger partial charge in [0, 0.05) is 37.7 Å². The van der Waals surface area contributed by atoms with Crippen molar-refractivity contribution < 1.29 is 22.8 Å². The highest BCUT2D eigenvalue weighted by atomic mass is 32.2. The molecular weight excluding hydrogens is 468 g/mol. The van der Waals surface area contributed by atoms with Gasteiger partial charge < -0.3 is 16.0 Å². The van der Waals surface area contributed by atoms with Gasteiger partial charge in [-0.05, 0) is 50.6 Å². The van der Waals surface area contributed by atoms with Crippen molar-refractivity contribution in [2.75, 3.05) is 37.2 Å². The molecule has 0 saturated heterocycles. The van der Waals surface area contributed by atoms with Crippen LogP contribution in [0.4, 0.5) is 5.69 Å². The lowest BCUT2D eigenvalue weighted by Crippen LogP contribution is -2.30. The summed E-state index contributed by atoms with van der Waals surface area (Å²) in [5, 5.41) is 8.81. The van der Waals surface area contributed by atoms with E-state index in [1.54, 1.807) is 0 Å². The number of ketones is 1. The maximum Gasteiger partial charge on any atom is 0.251 e. The summed E-state index contributed by atoms with van der Waals surface area (Å²) < 4.78 is 25.2. The average molecular weight is 503 g/mol. The van der Waals surface area contributed by atoms with E-state index in [-0.39, 0.29) is 28.6 Å². The van der Waals surface area contributed by atoms with Gasteiger partial charge in [0.15, 0.2) is 0 Å². The minimum atomic E-state index is -3.61. The zero-order valence-corrected chi connectivity index (χ0v) is 21.4. The molecule has 0 aliphatic carbocycles. The molecule has 0 fully saturated rings. The molecule has 2 aromatic carbocycles. The molecule has 2 amide bonds. The third-order valence-corrected chi connectivity index (χ3v) is 6.63. The zero-order valence-electron chi connectivity index (χ0n) is 20.6. The molecule has 0 aromatic heterocycles. The van der Waals surface area contributed by atoms with Crippen LogP contribution in [0, 0.1) is 0 Å². The first-order valence-corrected chi connectivity index (χ1v) is 13.3. The molecule has 2 rings (SSSR count). The van der Waals surface area contributed by atoms with E-state index < -0.39 is 21.8 Å². The van der Waals surface area contributed by atoms with Crippen molar-refractivity contribution in [3.63, 3.8) is 0 Å². The summed E-state index contributed by atoms with van der Waals surface area (Å²) in [5.74, 6) is -0.723. The number of Topliss-reactive ketones (excluding diaryl/α,β-unsaturated/α-hetero) is 1. The smallest absolute Gasteiger partial charge is 0.251 e. The minimum Gasteiger partial charge on any atom is -0.352 e. The van der Waals surface area contributed by atoms with E-state index in [0.717, 1.165) is 16.1 Å². The summed E-state index contributed by atoms with van der Waals surface area (Å²) in [6.45, 7) is 4.98. The Morgan fingerprint density at radius 3 is 2.17 bits per heavy atom. The molecule has 2 aromatic rings. The summed E-state index contributed by atoms with van der Waals surface area (Å²) in [6.07, 6.45) is 2.16. The van der Waals surface area contributed by atoms with Crippen molar-refractivity contribution in [1.82, 2.24) is 16.0 Å². The van der Waals surface area contributed by atoms with Gasteiger partial charge in [0.25, 0.3) is 11.8 Å². The third kappa shape index (κ3) is 9.14. The van der Waals surface area contributed by atoms with Crippen LogP contribution in [0.2, 0.25) is 0 Å². The van der Waals surface area contributed by atoms with Crippen LogP contribution in [0.15, 0.2) is 48.5 Å². The Morgan fingerprint density at radius 2 is 1.57 bits per heavy atom. The number of nitrogens with one attached hydrogen (secondary N) is 3. The second-order valence-electron chi connectivity index (χ2n) is 8.42. The highest BCUT2D eigenvalue weighted by Crippen LogP contribution is 2.22. The number of amides is 2. The lowest BCUT2D eigenvalue weighted by molar-refractivity contribution is -0.116. The SMILES string of the molecule is CC(=O)CCNCCCNC(=O)c1cc(C(=O)N[C@H](C)c2ccccc2)cc(N(C)S(C)(=O)=O)c1. The van der Waals surface area contributed by atoms with Crippen LogP contribution in [0.3, 0.4) is 0 Å². The molecule has 3 N–H and O–H groups in total. The molecular formula is C25H34N4O5S. The first kappa shape index (κ1) is 28.0. The molecule has 0 radical (unpaired) electrons. The molecule has 35 heavy (non-hydrogen) atoms. The molecule has 0 aliphatic rings. The summed E-state index contributed by atoms with van der Waals surface area (Å²) in [5.41, 5.74) is 1.49. The van der Waals surface area contributed by atoms with E-state index >= 15 is 0 Å². The van der Waals surface area contributed by atoms with E-state index in [0.29, 0.717) is 32.5 Å². The van der Waals surface area contributed by atoms with Gasteiger partial charge in [-0.3, -0.25) is 18.7 Å². The number of benzene rings is 2. The molecule has 190 valence electrons. The highest BCUT2D eigenvalue weighted by molar-refractivity contribution is 7.92. The number of anilines is 1. The fraction of sp³-hybridized carbons (Fsp3) is 0.400. The molecule has 10 heteroatoms. The molecule has 0 bridgehead atoms. The van der Waals surface area contributed by atoms with Crippen LogP contribution >= 0.6 is 0 Å². The van der Waals surface area contributed by atoms with Gasteiger partial charge in [-0.25, -0.2) is 8.42 Å². The van der Waals surface area contributed by atoms with E-state index in [9.17, 15) is 22.8 Å². The first-order chi connectivity index (χ1) is 16.5. The van der Waals surface area contributed by atoms with E-state index in [1.807, 2.05) is 37.3 Å². The quantitative estimate of drug-likeness (QED) is 0.361. The highest BCUT2D eigenvalue weighted by Gasteiger charge is 2.19. The average Bonchev–Trinajstić information content (AvgIpc) is 2.82. The second-order valence-corrected chi connectivity index (χ2v) is 10.4. The molecule has 0 unspecified atom stereocenters. The van der Waals surface area contributed by atoms with Gasteiger partial charge in [0.05, 0.1) is 18.0 Å². The van der Waals surface area contributed by atoms with Gasteiger partial charge in [0.2, 0.25) is 10.0 Å². The van der Waals surface area contributed by atoms with Gasteiger partial charge in [0.1, 0.15) is 5.78 Å². The summed E-state index contributed by atoms with van der Waals surface area (Å²) in [4.78, 5) is 36.7. The van der Waals surface area contributed by atoms with Crippen molar-refractivity contribution in [3.8, 4) is 0 Å². The van der Waals surface area contributed by atoms with Crippen LogP contribution in [0.5, 0.6) is 0 Å². The Kier molecular flexibility index (Phi) is 10.4. The molecule has 0 spiro atoms. The Balaban J connectivity index is 2.14. The Bertz CT molecular complexity index is 1140. The van der Waals surface area contributed by atoms with Crippen molar-refractivity contribution in [1.29, 1.82) is 0 Å². The van der Waals surface area contributed by atoms with Crippen molar-refractivity contribution in [2.24, 2.45) is 0 Å². The predicted molar refractivity (Wildman–Crippen MR) is 137 cm³/mol. The van der Waals surface area contributed by atoms with Gasteiger partial charge >= 0.3 is 0 Å². The van der Waals surface area contributed by atoms with Crippen molar-refractivity contribution in [3.05, 3.63) is 65.2 Å². The first-order valence-electron chi connectivity index (χ1n) is 11.4. The largest absolute Gasteiger partial charge is 0.352 e. The van der Waals surface area contributed by atoms with Gasteiger partial charge in [-0.1, -0.05) is 30.3 Å². The second kappa shape index (κ2) is 13.0. The maximum absolute atomic E-state index is 13.0. The molecule has 0 aliphatic heterocycles. The van der Waals surface area contributed by atoms with E-state index in [1.165, 1.54) is 32.2 Å². The van der Waals surface area contributed by atoms with E-state index in [2.05, 4.69) is 16.0 Å². The van der Waals surface area contributed by atoms with Gasteiger partial charge in [-0.2, -0.15) is 0 Å². The van der Waals surface area contributed by atoms with Crippen LogP contribution in [-0.4, -0.2) is 59.0 Å². The number of carbonyl (C=O) groups excluding carboxylic acids is 3. The van der Waals surface area contributed by atoms with Crippen molar-refractivity contribution >= 4 is 33.3 Å². The fourth-order valence-corrected chi connectivity index (χ4v) is 3.75. The lowest BCUT2D eigenvalue weighted by Gasteiger charge is -2.20. The third-order valence-electron chi connectivity index (χ3n) is 5.42. The van der Waals surface area contributed by atoms with E-state index in [4.69, 9.17) is 0 Å². The summed E-state index contributed by atoms with van der Waals surface area (Å²) >= 11 is 0. The lowest BCUT2D eigenvalue weighted by atomic mass is 10.1. The predicted octanol–water partition coefficient (Wildman–Crippen LogP) is 2.26.